The van der Waals surface area contributed by atoms with Crippen LogP contribution in [-0.2, 0) is 11.4 Å². The van der Waals surface area contributed by atoms with Crippen molar-refractivity contribution >= 4 is 21.8 Å². The minimum Gasteiger partial charge on any atom is -0.484 e. The van der Waals surface area contributed by atoms with Crippen molar-refractivity contribution in [3.05, 3.63) is 28.2 Å². The fourth-order valence-electron chi connectivity index (χ4n) is 1.41. The quantitative estimate of drug-likeness (QED) is 0.843. The first kappa shape index (κ1) is 16.0. The minimum absolute atomic E-state index is 0.0318. The Balaban J connectivity index is 2.55. The zero-order valence-electron chi connectivity index (χ0n) is 11.5. The Morgan fingerprint density at radius 2 is 2.16 bits per heavy atom. The fourth-order valence-corrected chi connectivity index (χ4v) is 1.78. The van der Waals surface area contributed by atoms with Gasteiger partial charge in [0.1, 0.15) is 5.75 Å². The Labute approximate surface area is 122 Å². The second-order valence-corrected chi connectivity index (χ2v) is 5.84. The highest BCUT2D eigenvalue weighted by Gasteiger charge is 2.17. The number of halogens is 1. The molecule has 0 spiro atoms. The molecule has 0 unspecified atom stereocenters. The minimum atomic E-state index is -0.226. The van der Waals surface area contributed by atoms with Crippen LogP contribution in [0.5, 0.6) is 5.75 Å². The number of rotatable bonds is 6. The average molecular weight is 330 g/mol. The highest BCUT2D eigenvalue weighted by Crippen LogP contribution is 2.22. The molecule has 0 bridgehead atoms. The van der Waals surface area contributed by atoms with Crippen molar-refractivity contribution in [1.29, 1.82) is 0 Å². The van der Waals surface area contributed by atoms with Gasteiger partial charge in [-0.25, -0.2) is 0 Å². The van der Waals surface area contributed by atoms with Crippen LogP contribution < -0.4 is 10.1 Å². The molecule has 0 aliphatic heterocycles. The zero-order chi connectivity index (χ0) is 14.5. The molecule has 2 N–H and O–H groups in total. The van der Waals surface area contributed by atoms with E-state index in [0.717, 1.165) is 16.5 Å². The van der Waals surface area contributed by atoms with Gasteiger partial charge in [0.15, 0.2) is 6.61 Å². The predicted octanol–water partition coefficient (Wildman–Crippen LogP) is 2.63. The molecular formula is C14H20BrNO3. The Morgan fingerprint density at radius 3 is 2.74 bits per heavy atom. The lowest BCUT2D eigenvalue weighted by Crippen LogP contribution is -2.44. The number of amides is 1. The van der Waals surface area contributed by atoms with Crippen LogP contribution in [0.1, 0.15) is 32.8 Å². The lowest BCUT2D eigenvalue weighted by Gasteiger charge is -2.24. The fraction of sp³-hybridized carbons (Fsp3) is 0.500. The largest absolute Gasteiger partial charge is 0.484 e. The van der Waals surface area contributed by atoms with Gasteiger partial charge in [-0.3, -0.25) is 4.79 Å². The normalized spacial score (nSPS) is 11.2. The molecule has 106 valence electrons. The van der Waals surface area contributed by atoms with E-state index < -0.39 is 0 Å². The molecular weight excluding hydrogens is 310 g/mol. The molecule has 0 aliphatic carbocycles. The summed E-state index contributed by atoms with van der Waals surface area (Å²) in [5.41, 5.74) is 0.503. The number of ether oxygens (including phenoxy) is 1. The van der Waals surface area contributed by atoms with Crippen LogP contribution in [0, 0.1) is 0 Å². The number of hydrogen-bond acceptors (Lipinski definition) is 3. The molecule has 0 saturated heterocycles. The molecule has 0 atom stereocenters. The molecule has 4 nitrogen and oxygen atoms in total. The van der Waals surface area contributed by atoms with Crippen molar-refractivity contribution in [2.24, 2.45) is 0 Å². The summed E-state index contributed by atoms with van der Waals surface area (Å²) in [7, 11) is 0. The molecule has 19 heavy (non-hydrogen) atoms. The summed E-state index contributed by atoms with van der Waals surface area (Å²) < 4.78 is 6.23. The van der Waals surface area contributed by atoms with Gasteiger partial charge in [-0.15, -0.1) is 0 Å². The molecule has 0 saturated carbocycles. The first-order chi connectivity index (χ1) is 8.88. The number of aliphatic hydroxyl groups excluding tert-OH is 1. The smallest absolute Gasteiger partial charge is 0.258 e. The Bertz CT molecular complexity index is 446. The molecule has 1 aromatic rings. The summed E-state index contributed by atoms with van der Waals surface area (Å²) in [4.78, 5) is 11.7. The number of benzene rings is 1. The standard InChI is InChI=1S/C14H20BrNO3/c1-4-14(2,3)16-13(18)9-19-11-5-6-12(15)10(7-11)8-17/h5-7,17H,4,8-9H2,1-3H3,(H,16,18). The maximum absolute atomic E-state index is 11.7. The monoisotopic (exact) mass is 329 g/mol. The van der Waals surface area contributed by atoms with Crippen LogP contribution in [0.3, 0.4) is 0 Å². The summed E-state index contributed by atoms with van der Waals surface area (Å²) in [6.07, 6.45) is 0.853. The SMILES string of the molecule is CCC(C)(C)NC(=O)COc1ccc(Br)c(CO)c1. The van der Waals surface area contributed by atoms with E-state index in [1.54, 1.807) is 18.2 Å². The lowest BCUT2D eigenvalue weighted by molar-refractivity contribution is -0.124. The molecule has 1 rings (SSSR count). The van der Waals surface area contributed by atoms with E-state index in [0.29, 0.717) is 5.75 Å². The van der Waals surface area contributed by atoms with Gasteiger partial charge >= 0.3 is 0 Å². The van der Waals surface area contributed by atoms with E-state index in [9.17, 15) is 4.79 Å². The molecule has 0 heterocycles. The van der Waals surface area contributed by atoms with Crippen molar-refractivity contribution in [2.45, 2.75) is 39.3 Å². The van der Waals surface area contributed by atoms with Crippen LogP contribution >= 0.6 is 15.9 Å². The van der Waals surface area contributed by atoms with Gasteiger partial charge in [-0.05, 0) is 44.0 Å². The van der Waals surface area contributed by atoms with Crippen molar-refractivity contribution in [3.8, 4) is 5.75 Å². The summed E-state index contributed by atoms with van der Waals surface area (Å²) in [6, 6.07) is 5.25. The molecule has 1 aromatic carbocycles. The zero-order valence-corrected chi connectivity index (χ0v) is 13.1. The van der Waals surface area contributed by atoms with E-state index in [-0.39, 0.29) is 24.7 Å². The number of aliphatic hydroxyl groups is 1. The van der Waals surface area contributed by atoms with Gasteiger partial charge < -0.3 is 15.2 Å². The van der Waals surface area contributed by atoms with Crippen LogP contribution in [-0.4, -0.2) is 23.2 Å². The third-order valence-electron chi connectivity index (χ3n) is 2.92. The first-order valence-electron chi connectivity index (χ1n) is 6.21. The molecule has 0 radical (unpaired) electrons. The molecule has 5 heteroatoms. The second-order valence-electron chi connectivity index (χ2n) is 4.99. The van der Waals surface area contributed by atoms with Crippen LogP contribution in [0.2, 0.25) is 0 Å². The summed E-state index contributed by atoms with van der Waals surface area (Å²) >= 11 is 3.32. The van der Waals surface area contributed by atoms with Gasteiger partial charge in [0.2, 0.25) is 0 Å². The molecule has 0 fully saturated rings. The van der Waals surface area contributed by atoms with E-state index in [2.05, 4.69) is 21.2 Å². The number of nitrogens with one attached hydrogen (secondary N) is 1. The molecule has 0 aliphatic rings. The molecule has 0 aromatic heterocycles. The summed E-state index contributed by atoms with van der Waals surface area (Å²) in [6.45, 7) is 5.84. The predicted molar refractivity (Wildman–Crippen MR) is 78.1 cm³/mol. The number of carbonyl (C=O) groups excluding carboxylic acids is 1. The second kappa shape index (κ2) is 6.91. The lowest BCUT2D eigenvalue weighted by atomic mass is 10.0. The summed E-state index contributed by atoms with van der Waals surface area (Å²) in [5, 5.41) is 12.0. The number of carbonyl (C=O) groups is 1. The van der Waals surface area contributed by atoms with Gasteiger partial charge in [0, 0.05) is 10.0 Å². The van der Waals surface area contributed by atoms with Gasteiger partial charge in [-0.2, -0.15) is 0 Å². The Kier molecular flexibility index (Phi) is 5.82. The van der Waals surface area contributed by atoms with Crippen LogP contribution in [0.25, 0.3) is 0 Å². The van der Waals surface area contributed by atoms with Gasteiger partial charge in [0.25, 0.3) is 5.91 Å². The van der Waals surface area contributed by atoms with E-state index in [1.165, 1.54) is 0 Å². The topological polar surface area (TPSA) is 58.6 Å². The van der Waals surface area contributed by atoms with Crippen LogP contribution in [0.4, 0.5) is 0 Å². The van der Waals surface area contributed by atoms with E-state index >= 15 is 0 Å². The van der Waals surface area contributed by atoms with Crippen molar-refractivity contribution in [1.82, 2.24) is 5.32 Å². The van der Waals surface area contributed by atoms with Gasteiger partial charge in [0.05, 0.1) is 6.61 Å². The third-order valence-corrected chi connectivity index (χ3v) is 3.69. The van der Waals surface area contributed by atoms with E-state index in [1.807, 2.05) is 20.8 Å². The average Bonchev–Trinajstić information content (AvgIpc) is 2.37. The highest BCUT2D eigenvalue weighted by molar-refractivity contribution is 9.10. The van der Waals surface area contributed by atoms with Crippen molar-refractivity contribution < 1.29 is 14.6 Å². The highest BCUT2D eigenvalue weighted by atomic mass is 79.9. The Morgan fingerprint density at radius 1 is 1.47 bits per heavy atom. The maximum Gasteiger partial charge on any atom is 0.258 e. The van der Waals surface area contributed by atoms with Crippen molar-refractivity contribution in [3.63, 3.8) is 0 Å². The maximum atomic E-state index is 11.7. The first-order valence-corrected chi connectivity index (χ1v) is 7.00. The van der Waals surface area contributed by atoms with E-state index in [4.69, 9.17) is 9.84 Å². The van der Waals surface area contributed by atoms with Crippen molar-refractivity contribution in [2.75, 3.05) is 6.61 Å². The third kappa shape index (κ3) is 5.20. The number of hydrogen-bond donors (Lipinski definition) is 2. The summed E-state index contributed by atoms with van der Waals surface area (Å²) in [5.74, 6) is 0.414. The van der Waals surface area contributed by atoms with Crippen LogP contribution in [0.15, 0.2) is 22.7 Å². The van der Waals surface area contributed by atoms with Gasteiger partial charge in [-0.1, -0.05) is 22.9 Å². The molecule has 1 amide bonds. The Hall–Kier alpha value is -1.07.